The third-order valence-corrected chi connectivity index (χ3v) is 3.45. The topological polar surface area (TPSA) is 83.8 Å². The Hall–Kier alpha value is -2.16. The van der Waals surface area contributed by atoms with Crippen LogP contribution >= 0.6 is 22.6 Å². The number of phenolic OH excluding ortho intramolecular Hbond substituents is 1. The molecule has 114 valence electrons. The van der Waals surface area contributed by atoms with Crippen LogP contribution in [0.2, 0.25) is 0 Å². The Kier molecular flexibility index (Phi) is 5.70. The number of aromatic nitrogens is 1. The third kappa shape index (κ3) is 4.17. The summed E-state index contributed by atoms with van der Waals surface area (Å²) in [7, 11) is 0. The van der Waals surface area contributed by atoms with Crippen LogP contribution in [0.3, 0.4) is 0 Å². The summed E-state index contributed by atoms with van der Waals surface area (Å²) < 4.78 is 5.98. The van der Waals surface area contributed by atoms with Crippen molar-refractivity contribution in [2.24, 2.45) is 5.10 Å². The van der Waals surface area contributed by atoms with Crippen molar-refractivity contribution < 1.29 is 14.6 Å². The molecule has 0 aliphatic heterocycles. The van der Waals surface area contributed by atoms with Crippen LogP contribution in [-0.4, -0.2) is 28.8 Å². The first-order valence-electron chi connectivity index (χ1n) is 6.51. The van der Waals surface area contributed by atoms with Crippen LogP contribution in [0.5, 0.6) is 11.5 Å². The molecule has 2 rings (SSSR count). The Labute approximate surface area is 141 Å². The van der Waals surface area contributed by atoms with Gasteiger partial charge in [0.1, 0.15) is 5.69 Å². The molecule has 1 amide bonds. The van der Waals surface area contributed by atoms with Crippen molar-refractivity contribution in [3.63, 3.8) is 0 Å². The molecule has 0 aliphatic carbocycles. The van der Waals surface area contributed by atoms with Crippen molar-refractivity contribution in [1.82, 2.24) is 10.4 Å². The molecule has 22 heavy (non-hydrogen) atoms. The van der Waals surface area contributed by atoms with Gasteiger partial charge in [-0.3, -0.25) is 9.78 Å². The molecule has 0 radical (unpaired) electrons. The van der Waals surface area contributed by atoms with Crippen LogP contribution in [0.15, 0.2) is 41.6 Å². The van der Waals surface area contributed by atoms with Crippen molar-refractivity contribution in [2.45, 2.75) is 6.92 Å². The molecule has 1 aromatic carbocycles. The third-order valence-electron chi connectivity index (χ3n) is 2.63. The van der Waals surface area contributed by atoms with Gasteiger partial charge in [0.15, 0.2) is 11.5 Å². The molecular formula is C15H14IN3O3. The lowest BCUT2D eigenvalue weighted by Gasteiger charge is -2.08. The first-order chi connectivity index (χ1) is 10.6. The Morgan fingerprint density at radius 2 is 2.32 bits per heavy atom. The maximum absolute atomic E-state index is 11.8. The summed E-state index contributed by atoms with van der Waals surface area (Å²) >= 11 is 2.00. The van der Waals surface area contributed by atoms with Gasteiger partial charge in [-0.15, -0.1) is 0 Å². The molecule has 6 nitrogen and oxygen atoms in total. The zero-order valence-electron chi connectivity index (χ0n) is 11.8. The molecule has 0 spiro atoms. The summed E-state index contributed by atoms with van der Waals surface area (Å²) in [6.07, 6.45) is 3.01. The van der Waals surface area contributed by atoms with Crippen molar-refractivity contribution >= 4 is 34.7 Å². The van der Waals surface area contributed by atoms with E-state index >= 15 is 0 Å². The fraction of sp³-hybridized carbons (Fsp3) is 0.133. The summed E-state index contributed by atoms with van der Waals surface area (Å²) in [4.78, 5) is 15.7. The summed E-state index contributed by atoms with van der Waals surface area (Å²) in [5, 5.41) is 13.7. The van der Waals surface area contributed by atoms with Crippen molar-refractivity contribution in [3.8, 4) is 11.5 Å². The van der Waals surface area contributed by atoms with E-state index in [9.17, 15) is 9.90 Å². The van der Waals surface area contributed by atoms with Crippen LogP contribution in [0.4, 0.5) is 0 Å². The minimum atomic E-state index is -0.393. The van der Waals surface area contributed by atoms with Gasteiger partial charge in [-0.05, 0) is 59.3 Å². The molecule has 1 aromatic heterocycles. The van der Waals surface area contributed by atoms with Crippen LogP contribution in [0.1, 0.15) is 23.0 Å². The maximum Gasteiger partial charge on any atom is 0.289 e. The van der Waals surface area contributed by atoms with Crippen LogP contribution in [0.25, 0.3) is 0 Å². The molecule has 0 fully saturated rings. The molecule has 0 saturated heterocycles. The predicted molar refractivity (Wildman–Crippen MR) is 91.3 cm³/mol. The normalized spacial score (nSPS) is 10.6. The summed E-state index contributed by atoms with van der Waals surface area (Å²) in [6, 6.07) is 8.43. The summed E-state index contributed by atoms with van der Waals surface area (Å²) in [5.74, 6) is 0.0828. The van der Waals surface area contributed by atoms with Gasteiger partial charge in [0.05, 0.1) is 16.4 Å². The monoisotopic (exact) mass is 411 g/mol. The van der Waals surface area contributed by atoms with E-state index in [2.05, 4.69) is 15.5 Å². The predicted octanol–water partition coefficient (Wildman–Crippen LogP) is 2.55. The lowest BCUT2D eigenvalue weighted by atomic mass is 10.2. The minimum absolute atomic E-state index is 0.0946. The highest BCUT2D eigenvalue weighted by atomic mass is 127. The highest BCUT2D eigenvalue weighted by Crippen LogP contribution is 2.32. The fourth-order valence-corrected chi connectivity index (χ4v) is 2.28. The van der Waals surface area contributed by atoms with E-state index < -0.39 is 5.91 Å². The number of aromatic hydroxyl groups is 1. The molecule has 0 aliphatic rings. The SMILES string of the molecule is CCOc1cc(/C=N/NC(=O)c2ccccn2)cc(I)c1O. The summed E-state index contributed by atoms with van der Waals surface area (Å²) in [6.45, 7) is 2.28. The van der Waals surface area contributed by atoms with Gasteiger partial charge in [-0.25, -0.2) is 5.43 Å². The fourth-order valence-electron chi connectivity index (χ4n) is 1.65. The Morgan fingerprint density at radius 1 is 1.50 bits per heavy atom. The molecule has 0 saturated carbocycles. The van der Waals surface area contributed by atoms with Gasteiger partial charge in [0.25, 0.3) is 5.91 Å². The van der Waals surface area contributed by atoms with E-state index in [0.717, 1.165) is 0 Å². The number of nitrogens with zero attached hydrogens (tertiary/aromatic N) is 2. The lowest BCUT2D eigenvalue weighted by molar-refractivity contribution is 0.0950. The second kappa shape index (κ2) is 7.74. The number of carbonyl (C=O) groups excluding carboxylic acids is 1. The molecule has 2 N–H and O–H groups in total. The highest BCUT2D eigenvalue weighted by molar-refractivity contribution is 14.1. The number of carbonyl (C=O) groups is 1. The van der Waals surface area contributed by atoms with E-state index in [4.69, 9.17) is 4.74 Å². The minimum Gasteiger partial charge on any atom is -0.504 e. The van der Waals surface area contributed by atoms with Gasteiger partial charge < -0.3 is 9.84 Å². The number of pyridine rings is 1. The number of halogens is 1. The number of hydrogen-bond acceptors (Lipinski definition) is 5. The Balaban J connectivity index is 2.09. The zero-order chi connectivity index (χ0) is 15.9. The Morgan fingerprint density at radius 3 is 3.00 bits per heavy atom. The number of rotatable bonds is 5. The molecule has 7 heteroatoms. The van der Waals surface area contributed by atoms with E-state index in [1.54, 1.807) is 30.3 Å². The van der Waals surface area contributed by atoms with Gasteiger partial charge in [0.2, 0.25) is 0 Å². The zero-order valence-corrected chi connectivity index (χ0v) is 13.9. The van der Waals surface area contributed by atoms with E-state index in [1.807, 2.05) is 29.5 Å². The molecule has 0 bridgehead atoms. The first-order valence-corrected chi connectivity index (χ1v) is 7.59. The number of phenols is 1. The van der Waals surface area contributed by atoms with Crippen LogP contribution < -0.4 is 10.2 Å². The molecule has 1 heterocycles. The standard InChI is InChI=1S/C15H14IN3O3/c1-2-22-13-8-10(7-11(16)14(13)20)9-18-19-15(21)12-5-3-4-6-17-12/h3-9,20H,2H2,1H3,(H,19,21)/b18-9+. The number of hydrazone groups is 1. The van der Waals surface area contributed by atoms with Crippen LogP contribution in [0, 0.1) is 3.57 Å². The van der Waals surface area contributed by atoms with Gasteiger partial charge in [-0.2, -0.15) is 5.10 Å². The Bertz CT molecular complexity index is 690. The quantitative estimate of drug-likeness (QED) is 0.450. The average molecular weight is 411 g/mol. The number of hydrogen-bond donors (Lipinski definition) is 2. The largest absolute Gasteiger partial charge is 0.504 e. The molecule has 0 atom stereocenters. The van der Waals surface area contributed by atoms with Crippen molar-refractivity contribution in [2.75, 3.05) is 6.61 Å². The molecule has 0 unspecified atom stereocenters. The maximum atomic E-state index is 11.8. The number of benzene rings is 1. The number of nitrogens with one attached hydrogen (secondary N) is 1. The van der Waals surface area contributed by atoms with Gasteiger partial charge in [0, 0.05) is 6.20 Å². The average Bonchev–Trinajstić information content (AvgIpc) is 2.53. The van der Waals surface area contributed by atoms with E-state index in [1.165, 1.54) is 12.4 Å². The number of amides is 1. The number of ether oxygens (including phenoxy) is 1. The second-order valence-corrected chi connectivity index (χ2v) is 5.36. The summed E-state index contributed by atoms with van der Waals surface area (Å²) in [5.41, 5.74) is 3.38. The van der Waals surface area contributed by atoms with E-state index in [0.29, 0.717) is 21.5 Å². The van der Waals surface area contributed by atoms with Crippen molar-refractivity contribution in [3.05, 3.63) is 51.4 Å². The van der Waals surface area contributed by atoms with Crippen LogP contribution in [-0.2, 0) is 0 Å². The lowest BCUT2D eigenvalue weighted by Crippen LogP contribution is -2.18. The first kappa shape index (κ1) is 16.2. The molecule has 2 aromatic rings. The smallest absolute Gasteiger partial charge is 0.289 e. The second-order valence-electron chi connectivity index (χ2n) is 4.20. The molecular weight excluding hydrogens is 397 g/mol. The van der Waals surface area contributed by atoms with Gasteiger partial charge >= 0.3 is 0 Å². The van der Waals surface area contributed by atoms with E-state index in [-0.39, 0.29) is 11.4 Å². The van der Waals surface area contributed by atoms with Crippen molar-refractivity contribution in [1.29, 1.82) is 0 Å². The highest BCUT2D eigenvalue weighted by Gasteiger charge is 2.08. The van der Waals surface area contributed by atoms with Gasteiger partial charge in [-0.1, -0.05) is 6.07 Å².